The Kier molecular flexibility index (Phi) is 3.89. The zero-order valence-corrected chi connectivity index (χ0v) is 9.06. The van der Waals surface area contributed by atoms with E-state index in [-0.39, 0.29) is 25.5 Å². The number of carboxylic acid groups (broad SMARTS) is 1. The average molecular weight is 229 g/mol. The summed E-state index contributed by atoms with van der Waals surface area (Å²) < 4.78 is 9.62. The summed E-state index contributed by atoms with van der Waals surface area (Å²) in [6, 6.07) is -0.214. The van der Waals surface area contributed by atoms with Crippen LogP contribution in [0.4, 0.5) is 4.79 Å². The fourth-order valence-corrected chi connectivity index (χ4v) is 1.61. The summed E-state index contributed by atoms with van der Waals surface area (Å²) in [6.45, 7) is 3.53. The number of alkyl carbamates (subject to hydrolysis) is 1. The number of rotatable bonds is 5. The van der Waals surface area contributed by atoms with E-state index in [1.165, 1.54) is 13.2 Å². The maximum Gasteiger partial charge on any atom is 0.407 e. The summed E-state index contributed by atoms with van der Waals surface area (Å²) >= 11 is 0. The number of hydrogen-bond acceptors (Lipinski definition) is 4. The van der Waals surface area contributed by atoms with Crippen LogP contribution >= 0.6 is 0 Å². The van der Waals surface area contributed by atoms with E-state index in [4.69, 9.17) is 14.6 Å². The van der Waals surface area contributed by atoms with Gasteiger partial charge in [-0.1, -0.05) is 12.7 Å². The Labute approximate surface area is 93.2 Å². The van der Waals surface area contributed by atoms with Crippen molar-refractivity contribution in [3.63, 3.8) is 0 Å². The van der Waals surface area contributed by atoms with Gasteiger partial charge in [-0.3, -0.25) is 0 Å². The number of carbonyl (C=O) groups excluding carboxylic acids is 1. The second-order valence-electron chi connectivity index (χ2n) is 3.64. The number of methoxy groups -OCH3 is 1. The summed E-state index contributed by atoms with van der Waals surface area (Å²) in [5.41, 5.74) is -1.16. The van der Waals surface area contributed by atoms with Crippen molar-refractivity contribution in [2.75, 3.05) is 13.7 Å². The lowest BCUT2D eigenvalue weighted by molar-refractivity contribution is -0.176. The second-order valence-corrected chi connectivity index (χ2v) is 3.64. The molecule has 1 aliphatic rings. The third-order valence-corrected chi connectivity index (χ3v) is 2.59. The molecule has 0 radical (unpaired) electrons. The van der Waals surface area contributed by atoms with Crippen LogP contribution in [0.5, 0.6) is 0 Å². The largest absolute Gasteiger partial charge is 0.479 e. The third kappa shape index (κ3) is 2.52. The molecule has 0 aromatic rings. The SMILES string of the molecule is C=CCOC(=O)NC1CC(OC)(C(=O)O)C1. The van der Waals surface area contributed by atoms with Crippen molar-refractivity contribution in [2.45, 2.75) is 24.5 Å². The fraction of sp³-hybridized carbons (Fsp3) is 0.600. The van der Waals surface area contributed by atoms with Crippen molar-refractivity contribution >= 4 is 12.1 Å². The van der Waals surface area contributed by atoms with E-state index in [0.29, 0.717) is 0 Å². The minimum atomic E-state index is -1.16. The summed E-state index contributed by atoms with van der Waals surface area (Å²) in [4.78, 5) is 22.0. The Bertz CT molecular complexity index is 296. The number of amides is 1. The Morgan fingerprint density at radius 1 is 1.62 bits per heavy atom. The van der Waals surface area contributed by atoms with Crippen LogP contribution in [-0.4, -0.2) is 42.5 Å². The third-order valence-electron chi connectivity index (χ3n) is 2.59. The molecule has 6 nitrogen and oxygen atoms in total. The molecule has 0 atom stereocenters. The molecule has 0 bridgehead atoms. The molecule has 0 aromatic carbocycles. The van der Waals surface area contributed by atoms with Gasteiger partial charge in [0, 0.05) is 26.0 Å². The van der Waals surface area contributed by atoms with Crippen molar-refractivity contribution in [2.24, 2.45) is 0 Å². The Morgan fingerprint density at radius 3 is 2.69 bits per heavy atom. The normalized spacial score (nSPS) is 27.7. The van der Waals surface area contributed by atoms with Crippen LogP contribution in [-0.2, 0) is 14.3 Å². The van der Waals surface area contributed by atoms with E-state index in [0.717, 1.165) is 0 Å². The Morgan fingerprint density at radius 2 is 2.25 bits per heavy atom. The standard InChI is InChI=1S/C10H15NO5/c1-3-4-16-9(14)11-7-5-10(6-7,15-2)8(12)13/h3,7H,1,4-6H2,2H3,(H,11,14)(H,12,13). The van der Waals surface area contributed by atoms with Crippen molar-refractivity contribution in [1.82, 2.24) is 5.32 Å². The molecule has 0 saturated heterocycles. The number of ether oxygens (including phenoxy) is 2. The molecule has 1 rings (SSSR count). The molecule has 0 spiro atoms. The lowest BCUT2D eigenvalue weighted by Gasteiger charge is -2.42. The van der Waals surface area contributed by atoms with Crippen molar-refractivity contribution < 1.29 is 24.2 Å². The number of carbonyl (C=O) groups is 2. The number of hydrogen-bond donors (Lipinski definition) is 2. The summed E-state index contributed by atoms with van der Waals surface area (Å²) in [5.74, 6) is -1.01. The van der Waals surface area contributed by atoms with Gasteiger partial charge in [0.2, 0.25) is 0 Å². The van der Waals surface area contributed by atoms with Crippen molar-refractivity contribution in [1.29, 1.82) is 0 Å². The minimum absolute atomic E-state index is 0.132. The summed E-state index contributed by atoms with van der Waals surface area (Å²) in [7, 11) is 1.35. The van der Waals surface area contributed by atoms with Gasteiger partial charge >= 0.3 is 12.1 Å². The Hall–Kier alpha value is -1.56. The molecular formula is C10H15NO5. The molecule has 1 amide bonds. The molecule has 0 aromatic heterocycles. The smallest absolute Gasteiger partial charge is 0.407 e. The first-order valence-electron chi connectivity index (χ1n) is 4.87. The highest BCUT2D eigenvalue weighted by atomic mass is 16.5. The monoisotopic (exact) mass is 229 g/mol. The maximum atomic E-state index is 11.1. The van der Waals surface area contributed by atoms with Crippen LogP contribution in [0.15, 0.2) is 12.7 Å². The lowest BCUT2D eigenvalue weighted by Crippen LogP contribution is -2.60. The first-order valence-corrected chi connectivity index (χ1v) is 4.87. The number of carboxylic acids is 1. The van der Waals surface area contributed by atoms with E-state index >= 15 is 0 Å². The van der Waals surface area contributed by atoms with Crippen molar-refractivity contribution in [3.8, 4) is 0 Å². The first kappa shape index (κ1) is 12.5. The van der Waals surface area contributed by atoms with Crippen LogP contribution in [0.1, 0.15) is 12.8 Å². The van der Waals surface area contributed by atoms with E-state index in [1.54, 1.807) is 0 Å². The second kappa shape index (κ2) is 4.98. The fourth-order valence-electron chi connectivity index (χ4n) is 1.61. The molecule has 16 heavy (non-hydrogen) atoms. The van der Waals surface area contributed by atoms with Gasteiger partial charge in [0.05, 0.1) is 0 Å². The van der Waals surface area contributed by atoms with E-state index in [9.17, 15) is 9.59 Å². The van der Waals surface area contributed by atoms with Gasteiger partial charge in [-0.2, -0.15) is 0 Å². The number of nitrogens with one attached hydrogen (secondary N) is 1. The number of aliphatic carboxylic acids is 1. The zero-order chi connectivity index (χ0) is 12.2. The van der Waals surface area contributed by atoms with Crippen LogP contribution in [0, 0.1) is 0 Å². The molecule has 1 saturated carbocycles. The molecule has 90 valence electrons. The molecule has 2 N–H and O–H groups in total. The average Bonchev–Trinajstić information content (AvgIpc) is 2.19. The van der Waals surface area contributed by atoms with E-state index in [1.807, 2.05) is 0 Å². The van der Waals surface area contributed by atoms with Gasteiger partial charge < -0.3 is 19.9 Å². The van der Waals surface area contributed by atoms with Crippen LogP contribution in [0.3, 0.4) is 0 Å². The van der Waals surface area contributed by atoms with Crippen LogP contribution < -0.4 is 5.32 Å². The van der Waals surface area contributed by atoms with Gasteiger partial charge in [0.15, 0.2) is 5.60 Å². The van der Waals surface area contributed by atoms with E-state index in [2.05, 4.69) is 11.9 Å². The van der Waals surface area contributed by atoms with Crippen LogP contribution in [0.2, 0.25) is 0 Å². The predicted molar refractivity (Wildman–Crippen MR) is 55.1 cm³/mol. The highest BCUT2D eigenvalue weighted by Crippen LogP contribution is 2.35. The molecule has 6 heteroatoms. The molecule has 0 heterocycles. The topological polar surface area (TPSA) is 84.9 Å². The summed E-state index contributed by atoms with van der Waals surface area (Å²) in [5, 5.41) is 11.4. The van der Waals surface area contributed by atoms with E-state index < -0.39 is 17.7 Å². The van der Waals surface area contributed by atoms with Crippen molar-refractivity contribution in [3.05, 3.63) is 12.7 Å². The molecule has 0 aliphatic heterocycles. The van der Waals surface area contributed by atoms with Crippen LogP contribution in [0.25, 0.3) is 0 Å². The molecule has 0 unspecified atom stereocenters. The quantitative estimate of drug-likeness (QED) is 0.672. The predicted octanol–water partition coefficient (Wildman–Crippen LogP) is 0.531. The van der Waals surface area contributed by atoms with Gasteiger partial charge in [-0.15, -0.1) is 0 Å². The van der Waals surface area contributed by atoms with Gasteiger partial charge in [0.25, 0.3) is 0 Å². The highest BCUT2D eigenvalue weighted by Gasteiger charge is 2.51. The zero-order valence-electron chi connectivity index (χ0n) is 9.06. The Balaban J connectivity index is 2.32. The summed E-state index contributed by atoms with van der Waals surface area (Å²) in [6.07, 6.45) is 1.39. The van der Waals surface area contributed by atoms with Gasteiger partial charge in [0.1, 0.15) is 6.61 Å². The minimum Gasteiger partial charge on any atom is -0.479 e. The highest BCUT2D eigenvalue weighted by molar-refractivity contribution is 5.79. The lowest BCUT2D eigenvalue weighted by atomic mass is 9.75. The molecule has 1 aliphatic carbocycles. The molecular weight excluding hydrogens is 214 g/mol. The molecule has 1 fully saturated rings. The van der Waals surface area contributed by atoms with Gasteiger partial charge in [-0.25, -0.2) is 9.59 Å². The van der Waals surface area contributed by atoms with Gasteiger partial charge in [-0.05, 0) is 0 Å². The maximum absolute atomic E-state index is 11.1. The first-order chi connectivity index (χ1) is 7.54.